The van der Waals surface area contributed by atoms with Gasteiger partial charge in [0.25, 0.3) is 0 Å². The van der Waals surface area contributed by atoms with E-state index in [-0.39, 0.29) is 0 Å². The summed E-state index contributed by atoms with van der Waals surface area (Å²) in [5.41, 5.74) is 3.47. The predicted octanol–water partition coefficient (Wildman–Crippen LogP) is 7.99. The molecule has 0 nitrogen and oxygen atoms in total. The van der Waals surface area contributed by atoms with Crippen molar-refractivity contribution in [1.29, 1.82) is 0 Å². The van der Waals surface area contributed by atoms with Crippen molar-refractivity contribution in [3.05, 3.63) is 47.6 Å². The van der Waals surface area contributed by atoms with Crippen LogP contribution in [0.3, 0.4) is 0 Å². The van der Waals surface area contributed by atoms with Crippen LogP contribution in [0.4, 0.5) is 0 Å². The fraction of sp³-hybridized carbons (Fsp3) is 0.692. The van der Waals surface area contributed by atoms with Gasteiger partial charge >= 0.3 is 0 Å². The number of allylic oxidation sites excluding steroid dienone is 8. The quantitative estimate of drug-likeness (QED) is 0.480. The largest absolute Gasteiger partial charge is 0.0800 e. The van der Waals surface area contributed by atoms with E-state index in [2.05, 4.69) is 98.8 Å². The molecule has 2 aliphatic rings. The molecule has 4 unspecified atom stereocenters. The Hall–Kier alpha value is -1.04. The van der Waals surface area contributed by atoms with E-state index in [4.69, 9.17) is 0 Å². The zero-order valence-electron chi connectivity index (χ0n) is 18.8. The summed E-state index contributed by atoms with van der Waals surface area (Å²) < 4.78 is 0. The summed E-state index contributed by atoms with van der Waals surface area (Å²) in [5, 5.41) is 0. The molecule has 0 aromatic carbocycles. The summed E-state index contributed by atoms with van der Waals surface area (Å²) in [6.45, 7) is 21.4. The average Bonchev–Trinajstić information content (AvgIpc) is 2.50. The molecule has 0 spiro atoms. The lowest BCUT2D eigenvalue weighted by molar-refractivity contribution is 0.102. The zero-order chi connectivity index (χ0) is 19.7. The normalized spacial score (nSPS) is 30.8. The molecule has 0 radical (unpaired) electrons. The first-order valence-electron chi connectivity index (χ1n) is 10.7. The van der Waals surface area contributed by atoms with Crippen LogP contribution in [0.1, 0.15) is 75.2 Å². The third-order valence-corrected chi connectivity index (χ3v) is 6.48. The van der Waals surface area contributed by atoms with Gasteiger partial charge in [0.15, 0.2) is 0 Å². The maximum Gasteiger partial charge on any atom is -0.0115 e. The summed E-state index contributed by atoms with van der Waals surface area (Å²) in [6, 6.07) is 0. The molecule has 4 atom stereocenters. The van der Waals surface area contributed by atoms with Crippen molar-refractivity contribution in [1.82, 2.24) is 0 Å². The summed E-state index contributed by atoms with van der Waals surface area (Å²) in [5.74, 6) is 3.19. The standard InChI is InChI=1S/C26H42/c1-10-11-20(21-16-18(2)12-14-23(21)25(4,5)6)22-17-19(3)13-15-24(22)26(7,8)9/h12-17,20-24H,10-11H2,1-9H3. The number of hydrogen-bond donors (Lipinski definition) is 0. The van der Waals surface area contributed by atoms with Crippen LogP contribution in [0.25, 0.3) is 0 Å². The van der Waals surface area contributed by atoms with Crippen molar-refractivity contribution in [3.63, 3.8) is 0 Å². The van der Waals surface area contributed by atoms with E-state index in [0.29, 0.717) is 40.4 Å². The van der Waals surface area contributed by atoms with Gasteiger partial charge in [-0.05, 0) is 60.7 Å². The van der Waals surface area contributed by atoms with Crippen molar-refractivity contribution < 1.29 is 0 Å². The van der Waals surface area contributed by atoms with Gasteiger partial charge in [0.2, 0.25) is 0 Å². The lowest BCUT2D eigenvalue weighted by Crippen LogP contribution is -2.40. The first-order valence-corrected chi connectivity index (χ1v) is 10.7. The molecule has 0 saturated carbocycles. The predicted molar refractivity (Wildman–Crippen MR) is 117 cm³/mol. The van der Waals surface area contributed by atoms with Crippen LogP contribution in [0.5, 0.6) is 0 Å². The molecule has 0 saturated heterocycles. The smallest absolute Gasteiger partial charge is 0.0115 e. The lowest BCUT2D eigenvalue weighted by atomic mass is 9.58. The summed E-state index contributed by atoms with van der Waals surface area (Å²) in [6.07, 6.45) is 17.5. The molecule has 0 bridgehead atoms. The van der Waals surface area contributed by atoms with Crippen molar-refractivity contribution in [3.8, 4) is 0 Å². The minimum atomic E-state index is 0.296. The molecule has 0 heterocycles. The molecule has 0 fully saturated rings. The third kappa shape index (κ3) is 4.81. The van der Waals surface area contributed by atoms with Crippen molar-refractivity contribution in [2.75, 3.05) is 0 Å². The topological polar surface area (TPSA) is 0 Å². The second kappa shape index (κ2) is 7.91. The maximum atomic E-state index is 2.59. The van der Waals surface area contributed by atoms with E-state index < -0.39 is 0 Å². The summed E-state index contributed by atoms with van der Waals surface area (Å²) >= 11 is 0. The second-order valence-corrected chi connectivity index (χ2v) is 10.9. The minimum Gasteiger partial charge on any atom is -0.0800 e. The molecule has 0 aromatic rings. The first-order chi connectivity index (χ1) is 11.9. The van der Waals surface area contributed by atoms with Gasteiger partial charge < -0.3 is 0 Å². The molecule has 2 rings (SSSR count). The van der Waals surface area contributed by atoms with Gasteiger partial charge in [-0.25, -0.2) is 0 Å². The SMILES string of the molecule is CCCC(C1C=C(C)C=CC1C(C)(C)C)C1C=C(C)C=CC1C(C)(C)C. The van der Waals surface area contributed by atoms with E-state index in [1.54, 1.807) is 0 Å². The lowest BCUT2D eigenvalue weighted by Gasteiger charge is -2.47. The Labute approximate surface area is 163 Å². The average molecular weight is 355 g/mol. The Morgan fingerprint density at radius 3 is 1.46 bits per heavy atom. The fourth-order valence-corrected chi connectivity index (χ4v) is 5.18. The van der Waals surface area contributed by atoms with Crippen molar-refractivity contribution >= 4 is 0 Å². The van der Waals surface area contributed by atoms with Gasteiger partial charge in [0, 0.05) is 0 Å². The van der Waals surface area contributed by atoms with E-state index in [1.807, 2.05) is 0 Å². The van der Waals surface area contributed by atoms with E-state index >= 15 is 0 Å². The molecule has 0 N–H and O–H groups in total. The van der Waals surface area contributed by atoms with Crippen molar-refractivity contribution in [2.24, 2.45) is 40.4 Å². The van der Waals surface area contributed by atoms with Gasteiger partial charge in [0.05, 0.1) is 0 Å². The van der Waals surface area contributed by atoms with Crippen LogP contribution in [-0.4, -0.2) is 0 Å². The van der Waals surface area contributed by atoms with Crippen LogP contribution in [0.15, 0.2) is 47.6 Å². The van der Waals surface area contributed by atoms with Crippen LogP contribution in [0.2, 0.25) is 0 Å². The van der Waals surface area contributed by atoms with Gasteiger partial charge in [0.1, 0.15) is 0 Å². The van der Waals surface area contributed by atoms with Crippen molar-refractivity contribution in [2.45, 2.75) is 75.2 Å². The molecular formula is C26H42. The maximum absolute atomic E-state index is 2.59. The third-order valence-electron chi connectivity index (χ3n) is 6.48. The number of hydrogen-bond acceptors (Lipinski definition) is 0. The molecule has 0 aromatic heterocycles. The Morgan fingerprint density at radius 2 is 1.15 bits per heavy atom. The second-order valence-electron chi connectivity index (χ2n) is 10.9. The molecule has 0 amide bonds. The highest BCUT2D eigenvalue weighted by Crippen LogP contribution is 2.50. The first kappa shape index (κ1) is 21.3. The Bertz CT molecular complexity index is 545. The monoisotopic (exact) mass is 354 g/mol. The molecular weight excluding hydrogens is 312 g/mol. The van der Waals surface area contributed by atoms with E-state index in [9.17, 15) is 0 Å². The molecule has 146 valence electrons. The molecule has 0 heteroatoms. The Morgan fingerprint density at radius 1 is 0.769 bits per heavy atom. The van der Waals surface area contributed by atoms with E-state index in [0.717, 1.165) is 0 Å². The highest BCUT2D eigenvalue weighted by Gasteiger charge is 2.42. The zero-order valence-corrected chi connectivity index (χ0v) is 18.8. The molecule has 2 aliphatic carbocycles. The van der Waals surface area contributed by atoms with Gasteiger partial charge in [-0.3, -0.25) is 0 Å². The minimum absolute atomic E-state index is 0.296. The van der Waals surface area contributed by atoms with Crippen LogP contribution in [-0.2, 0) is 0 Å². The van der Waals surface area contributed by atoms with Crippen LogP contribution >= 0.6 is 0 Å². The van der Waals surface area contributed by atoms with Crippen LogP contribution in [0, 0.1) is 40.4 Å². The van der Waals surface area contributed by atoms with E-state index in [1.165, 1.54) is 24.0 Å². The highest BCUT2D eigenvalue weighted by molar-refractivity contribution is 5.29. The molecule has 26 heavy (non-hydrogen) atoms. The highest BCUT2D eigenvalue weighted by atomic mass is 14.5. The van der Waals surface area contributed by atoms with Gasteiger partial charge in [-0.15, -0.1) is 0 Å². The fourth-order valence-electron chi connectivity index (χ4n) is 5.18. The number of rotatable bonds is 4. The van der Waals surface area contributed by atoms with Crippen LogP contribution < -0.4 is 0 Å². The van der Waals surface area contributed by atoms with Gasteiger partial charge in [-0.2, -0.15) is 0 Å². The Kier molecular flexibility index (Phi) is 6.47. The molecule has 0 aliphatic heterocycles. The van der Waals surface area contributed by atoms with Gasteiger partial charge in [-0.1, -0.05) is 102 Å². The Balaban J connectivity index is 2.48. The summed E-state index contributed by atoms with van der Waals surface area (Å²) in [7, 11) is 0. The summed E-state index contributed by atoms with van der Waals surface area (Å²) in [4.78, 5) is 0.